The van der Waals surface area contributed by atoms with Crippen LogP contribution in [0, 0.1) is 5.92 Å². The molecule has 0 radical (unpaired) electrons. The number of aromatic nitrogens is 1. The predicted octanol–water partition coefficient (Wildman–Crippen LogP) is 0.130. The van der Waals surface area contributed by atoms with Gasteiger partial charge < -0.3 is 24.8 Å². The van der Waals surface area contributed by atoms with E-state index in [0.29, 0.717) is 45.2 Å². The summed E-state index contributed by atoms with van der Waals surface area (Å²) in [5.74, 6) is 0.384. The largest absolute Gasteiger partial charge is 0.383 e. The van der Waals surface area contributed by atoms with Gasteiger partial charge in [0.05, 0.1) is 6.61 Å². The van der Waals surface area contributed by atoms with Crippen molar-refractivity contribution in [3.63, 3.8) is 0 Å². The fourth-order valence-corrected chi connectivity index (χ4v) is 3.84. The summed E-state index contributed by atoms with van der Waals surface area (Å²) >= 11 is 0. The first kappa shape index (κ1) is 18.4. The van der Waals surface area contributed by atoms with Gasteiger partial charge in [-0.1, -0.05) is 6.07 Å². The smallest absolute Gasteiger partial charge is 0.317 e. The van der Waals surface area contributed by atoms with Crippen molar-refractivity contribution in [2.45, 2.75) is 25.3 Å². The third kappa shape index (κ3) is 4.24. The molecule has 0 saturated carbocycles. The highest BCUT2D eigenvalue weighted by molar-refractivity contribution is 5.78. The Balaban J connectivity index is 1.50. The van der Waals surface area contributed by atoms with E-state index in [0.717, 1.165) is 12.1 Å². The molecule has 0 spiro atoms. The van der Waals surface area contributed by atoms with Crippen molar-refractivity contribution in [1.29, 1.82) is 0 Å². The number of pyridine rings is 1. The summed E-state index contributed by atoms with van der Waals surface area (Å²) in [6.07, 6.45) is 1.25. The summed E-state index contributed by atoms with van der Waals surface area (Å²) in [7, 11) is 1.58. The molecule has 2 aliphatic heterocycles. The number of urea groups is 1. The van der Waals surface area contributed by atoms with Crippen molar-refractivity contribution in [1.82, 2.24) is 20.1 Å². The SMILES string of the molecule is COCCNC(=O)CCNC(=O)N1C[C@H]2C[C@H](C1)c1cccc(=O)n1C2. The van der Waals surface area contributed by atoms with E-state index in [2.05, 4.69) is 10.6 Å². The zero-order chi connectivity index (χ0) is 18.5. The number of piperidine rings is 1. The molecule has 1 aromatic heterocycles. The zero-order valence-corrected chi connectivity index (χ0v) is 15.1. The average Bonchev–Trinajstić information content (AvgIpc) is 2.62. The van der Waals surface area contributed by atoms with Gasteiger partial charge in [-0.05, 0) is 18.4 Å². The topological polar surface area (TPSA) is 92.7 Å². The van der Waals surface area contributed by atoms with E-state index in [-0.39, 0.29) is 29.8 Å². The highest BCUT2D eigenvalue weighted by atomic mass is 16.5. The fraction of sp³-hybridized carbons (Fsp3) is 0.611. The van der Waals surface area contributed by atoms with Gasteiger partial charge in [-0.2, -0.15) is 0 Å². The van der Waals surface area contributed by atoms with Gasteiger partial charge in [0.1, 0.15) is 0 Å². The normalized spacial score (nSPS) is 21.0. The van der Waals surface area contributed by atoms with Gasteiger partial charge in [0, 0.05) is 63.9 Å². The van der Waals surface area contributed by atoms with Gasteiger partial charge in [0.2, 0.25) is 5.91 Å². The quantitative estimate of drug-likeness (QED) is 0.704. The highest BCUT2D eigenvalue weighted by Crippen LogP contribution is 2.34. The first-order valence-electron chi connectivity index (χ1n) is 9.06. The number of hydrogen-bond donors (Lipinski definition) is 2. The van der Waals surface area contributed by atoms with Crippen molar-refractivity contribution in [2.75, 3.05) is 39.9 Å². The number of carbonyl (C=O) groups excluding carboxylic acids is 2. The molecule has 2 N–H and O–H groups in total. The Bertz CT molecular complexity index is 717. The van der Waals surface area contributed by atoms with E-state index >= 15 is 0 Å². The van der Waals surface area contributed by atoms with Gasteiger partial charge in [-0.3, -0.25) is 9.59 Å². The number of fused-ring (bicyclic) bond motifs is 4. The molecular weight excluding hydrogens is 336 g/mol. The van der Waals surface area contributed by atoms with Crippen LogP contribution in [0.5, 0.6) is 0 Å². The van der Waals surface area contributed by atoms with E-state index in [1.807, 2.05) is 15.5 Å². The number of methoxy groups -OCH3 is 1. The Morgan fingerprint density at radius 3 is 2.85 bits per heavy atom. The molecular formula is C18H26N4O4. The molecule has 0 unspecified atom stereocenters. The first-order valence-corrected chi connectivity index (χ1v) is 9.06. The Hall–Kier alpha value is -2.35. The molecule has 8 nitrogen and oxygen atoms in total. The summed E-state index contributed by atoms with van der Waals surface area (Å²) in [5.41, 5.74) is 1.05. The van der Waals surface area contributed by atoms with E-state index in [1.165, 1.54) is 0 Å². The molecule has 3 heterocycles. The second-order valence-electron chi connectivity index (χ2n) is 6.93. The van der Waals surface area contributed by atoms with Crippen LogP contribution < -0.4 is 16.2 Å². The number of likely N-dealkylation sites (tertiary alicyclic amines) is 1. The van der Waals surface area contributed by atoms with E-state index in [9.17, 15) is 14.4 Å². The summed E-state index contributed by atoms with van der Waals surface area (Å²) < 4.78 is 6.72. The van der Waals surface area contributed by atoms with Crippen molar-refractivity contribution >= 4 is 11.9 Å². The lowest BCUT2D eigenvalue weighted by Gasteiger charge is -2.42. The van der Waals surface area contributed by atoms with Crippen LogP contribution in [0.4, 0.5) is 4.79 Å². The minimum atomic E-state index is -0.142. The van der Waals surface area contributed by atoms with Crippen LogP contribution in [-0.2, 0) is 16.1 Å². The van der Waals surface area contributed by atoms with Crippen molar-refractivity contribution in [3.8, 4) is 0 Å². The van der Waals surface area contributed by atoms with Crippen LogP contribution >= 0.6 is 0 Å². The van der Waals surface area contributed by atoms with Crippen molar-refractivity contribution in [2.24, 2.45) is 5.92 Å². The molecule has 8 heteroatoms. The van der Waals surface area contributed by atoms with Crippen LogP contribution in [0.25, 0.3) is 0 Å². The summed E-state index contributed by atoms with van der Waals surface area (Å²) in [6.45, 7) is 3.16. The van der Waals surface area contributed by atoms with Crippen molar-refractivity contribution < 1.29 is 14.3 Å². The van der Waals surface area contributed by atoms with Crippen LogP contribution in [0.2, 0.25) is 0 Å². The molecule has 3 amide bonds. The molecule has 1 saturated heterocycles. The summed E-state index contributed by atoms with van der Waals surface area (Å²) in [4.78, 5) is 37.9. The second kappa shape index (κ2) is 8.35. The minimum Gasteiger partial charge on any atom is -0.383 e. The maximum absolute atomic E-state index is 12.4. The summed E-state index contributed by atoms with van der Waals surface area (Å²) in [6, 6.07) is 5.22. The number of rotatable bonds is 6. The van der Waals surface area contributed by atoms with Gasteiger partial charge >= 0.3 is 6.03 Å². The lowest BCUT2D eigenvalue weighted by molar-refractivity contribution is -0.121. The molecule has 2 aliphatic rings. The van der Waals surface area contributed by atoms with E-state index in [1.54, 1.807) is 19.2 Å². The molecule has 0 aromatic carbocycles. The molecule has 2 bridgehead atoms. The molecule has 1 fully saturated rings. The molecule has 1 aromatic rings. The van der Waals surface area contributed by atoms with Gasteiger partial charge in [-0.15, -0.1) is 0 Å². The van der Waals surface area contributed by atoms with Crippen LogP contribution in [-0.4, -0.2) is 61.3 Å². The monoisotopic (exact) mass is 362 g/mol. The van der Waals surface area contributed by atoms with Crippen LogP contribution in [0.3, 0.4) is 0 Å². The number of nitrogens with zero attached hydrogens (tertiary/aromatic N) is 2. The maximum atomic E-state index is 12.4. The number of nitrogens with one attached hydrogen (secondary N) is 2. The Kier molecular flexibility index (Phi) is 5.92. The number of carbonyl (C=O) groups is 2. The van der Waals surface area contributed by atoms with Crippen LogP contribution in [0.15, 0.2) is 23.0 Å². The Labute approximate surface area is 152 Å². The molecule has 2 atom stereocenters. The molecule has 142 valence electrons. The van der Waals surface area contributed by atoms with Crippen LogP contribution in [0.1, 0.15) is 24.5 Å². The molecule has 0 aliphatic carbocycles. The predicted molar refractivity (Wildman–Crippen MR) is 96.0 cm³/mol. The van der Waals surface area contributed by atoms with Gasteiger partial charge in [0.25, 0.3) is 5.56 Å². The standard InChI is InChI=1S/C18H26N4O4/c1-26-8-7-19-16(23)5-6-20-18(25)21-10-13-9-14(12-21)15-3-2-4-17(24)22(15)11-13/h2-4,13-14H,5-12H2,1H3,(H,19,23)(H,20,25)/t13-,14-/m1/s1. The van der Waals surface area contributed by atoms with E-state index in [4.69, 9.17) is 4.74 Å². The molecule has 3 rings (SSSR count). The zero-order valence-electron chi connectivity index (χ0n) is 15.1. The fourth-order valence-electron chi connectivity index (χ4n) is 3.84. The highest BCUT2D eigenvalue weighted by Gasteiger charge is 2.36. The third-order valence-electron chi connectivity index (χ3n) is 5.02. The van der Waals surface area contributed by atoms with Gasteiger partial charge in [0.15, 0.2) is 0 Å². The molecule has 26 heavy (non-hydrogen) atoms. The van der Waals surface area contributed by atoms with Gasteiger partial charge in [-0.25, -0.2) is 4.79 Å². The second-order valence-corrected chi connectivity index (χ2v) is 6.93. The first-order chi connectivity index (χ1) is 12.6. The Morgan fingerprint density at radius 2 is 2.04 bits per heavy atom. The number of amides is 3. The minimum absolute atomic E-state index is 0.0367. The van der Waals surface area contributed by atoms with E-state index < -0.39 is 0 Å². The number of hydrogen-bond acceptors (Lipinski definition) is 4. The average molecular weight is 362 g/mol. The lowest BCUT2D eigenvalue weighted by Crippen LogP contribution is -2.52. The number of ether oxygens (including phenoxy) is 1. The maximum Gasteiger partial charge on any atom is 0.317 e. The van der Waals surface area contributed by atoms with Crippen molar-refractivity contribution in [3.05, 3.63) is 34.2 Å². The summed E-state index contributed by atoms with van der Waals surface area (Å²) in [5, 5.41) is 5.55. The third-order valence-corrected chi connectivity index (χ3v) is 5.02. The Morgan fingerprint density at radius 1 is 1.19 bits per heavy atom. The lowest BCUT2D eigenvalue weighted by atomic mass is 9.83.